The zero-order valence-corrected chi connectivity index (χ0v) is 26.6. The topological polar surface area (TPSA) is 165 Å². The fourth-order valence-corrected chi connectivity index (χ4v) is 11.1. The Kier molecular flexibility index (Phi) is 7.19. The number of ether oxygens (including phenoxy) is 4. The summed E-state index contributed by atoms with van der Waals surface area (Å²) in [6.07, 6.45) is 2.68. The Labute approximate surface area is 262 Å². The van der Waals surface area contributed by atoms with Gasteiger partial charge in [0.25, 0.3) is 0 Å². The molecule has 0 bridgehead atoms. The van der Waals surface area contributed by atoms with Crippen molar-refractivity contribution in [2.45, 2.75) is 115 Å². The van der Waals surface area contributed by atoms with Gasteiger partial charge in [0.1, 0.15) is 30.2 Å². The highest BCUT2D eigenvalue weighted by Gasteiger charge is 2.90. The average molecular weight is 631 g/mol. The van der Waals surface area contributed by atoms with E-state index in [2.05, 4.69) is 0 Å². The van der Waals surface area contributed by atoms with Gasteiger partial charge in [-0.05, 0) is 57.4 Å². The number of esters is 2. The van der Waals surface area contributed by atoms with Gasteiger partial charge in [-0.25, -0.2) is 4.79 Å². The third kappa shape index (κ3) is 3.90. The van der Waals surface area contributed by atoms with Gasteiger partial charge in [-0.3, -0.25) is 9.59 Å². The van der Waals surface area contributed by atoms with Crippen molar-refractivity contribution < 1.29 is 53.1 Å². The molecule has 11 heteroatoms. The second-order valence-electron chi connectivity index (χ2n) is 15.4. The van der Waals surface area contributed by atoms with Crippen LogP contribution in [0.4, 0.5) is 0 Å². The summed E-state index contributed by atoms with van der Waals surface area (Å²) in [4.78, 5) is 40.6. The average Bonchev–Trinajstić information content (AvgIpc) is 3.55. The van der Waals surface area contributed by atoms with E-state index in [1.807, 2.05) is 33.8 Å². The molecule has 0 radical (unpaired) electrons. The largest absolute Gasteiger partial charge is 0.469 e. The molecule has 3 N–H and O–H groups in total. The van der Waals surface area contributed by atoms with E-state index in [9.17, 15) is 24.6 Å². The molecule has 1 aromatic rings. The molecule has 1 aromatic heterocycles. The van der Waals surface area contributed by atoms with Crippen LogP contribution in [0.3, 0.4) is 0 Å². The van der Waals surface area contributed by atoms with Crippen LogP contribution in [0, 0.1) is 34.0 Å². The molecule has 6 fully saturated rings. The summed E-state index contributed by atoms with van der Waals surface area (Å²) in [5, 5.41) is 31.4. The summed E-state index contributed by atoms with van der Waals surface area (Å²) in [6.45, 7) is 7.71. The molecule has 7 rings (SSSR count). The Bertz CT molecular complexity index is 1390. The number of unbranched alkanes of at least 4 members (excludes halogenated alkanes) is 2. The van der Waals surface area contributed by atoms with Gasteiger partial charge in [0.2, 0.25) is 0 Å². The monoisotopic (exact) mass is 630 g/mol. The molecule has 11 unspecified atom stereocenters. The van der Waals surface area contributed by atoms with Gasteiger partial charge in [0.05, 0.1) is 30.3 Å². The fraction of sp³-hybridized carbons (Fsp3) is 0.794. The van der Waals surface area contributed by atoms with E-state index in [1.165, 1.54) is 0 Å². The second kappa shape index (κ2) is 10.3. The molecule has 11 atom stereocenters. The molecule has 5 heterocycles. The third-order valence-electron chi connectivity index (χ3n) is 12.9. The predicted molar refractivity (Wildman–Crippen MR) is 155 cm³/mol. The Morgan fingerprint density at radius 3 is 2.53 bits per heavy atom. The van der Waals surface area contributed by atoms with Crippen molar-refractivity contribution in [2.75, 3.05) is 19.8 Å². The number of furan rings is 1. The lowest BCUT2D eigenvalue weighted by Gasteiger charge is -2.66. The Balaban J connectivity index is 1.27. The fourth-order valence-electron chi connectivity index (χ4n) is 11.1. The number of aliphatic hydroxyl groups is 3. The van der Waals surface area contributed by atoms with Crippen LogP contribution in [0.2, 0.25) is 0 Å². The molecule has 248 valence electrons. The van der Waals surface area contributed by atoms with E-state index in [4.69, 9.17) is 28.5 Å². The van der Waals surface area contributed by atoms with E-state index in [0.29, 0.717) is 37.0 Å². The van der Waals surface area contributed by atoms with Gasteiger partial charge in [-0.15, -0.1) is 0 Å². The number of hydrogen-bond donors (Lipinski definition) is 3. The maximum atomic E-state index is 14.4. The highest BCUT2D eigenvalue weighted by Crippen LogP contribution is 2.80. The molecule has 11 nitrogen and oxygen atoms in total. The first-order valence-corrected chi connectivity index (χ1v) is 16.5. The summed E-state index contributed by atoms with van der Waals surface area (Å²) in [5.74, 6) is -1.74. The van der Waals surface area contributed by atoms with E-state index >= 15 is 0 Å². The number of rotatable bonds is 9. The van der Waals surface area contributed by atoms with Crippen molar-refractivity contribution in [3.63, 3.8) is 0 Å². The van der Waals surface area contributed by atoms with Crippen molar-refractivity contribution >= 4 is 17.7 Å². The molecule has 6 aliphatic rings. The normalized spacial score (nSPS) is 44.9. The Hall–Kier alpha value is -2.31. The number of cyclic esters (lactones) is 2. The molecule has 0 aromatic carbocycles. The van der Waals surface area contributed by atoms with Crippen LogP contribution in [0.25, 0.3) is 0 Å². The number of carbonyl (C=O) groups is 3. The number of epoxide rings is 1. The zero-order valence-electron chi connectivity index (χ0n) is 26.6. The smallest absolute Gasteiger partial charge is 0.339 e. The molecular formula is C34H46O11. The summed E-state index contributed by atoms with van der Waals surface area (Å²) in [6, 6.07) is 1.81. The SMILES string of the molecule is CC1(C)OC2CC(=O)OCC23C1C(=O)C(O)C1(C)C3CCC2(C)C(c3ccoc3CC(CO)CCCCCO)OC(=O)C3OC321. The van der Waals surface area contributed by atoms with Crippen molar-refractivity contribution in [1.29, 1.82) is 0 Å². The zero-order chi connectivity index (χ0) is 32.2. The van der Waals surface area contributed by atoms with Gasteiger partial charge in [-0.1, -0.05) is 26.7 Å². The van der Waals surface area contributed by atoms with Gasteiger partial charge in [-0.2, -0.15) is 0 Å². The van der Waals surface area contributed by atoms with Crippen molar-refractivity contribution in [2.24, 2.45) is 34.0 Å². The van der Waals surface area contributed by atoms with Crippen LogP contribution in [-0.4, -0.2) is 82.4 Å². The maximum Gasteiger partial charge on any atom is 0.339 e. The van der Waals surface area contributed by atoms with Crippen LogP contribution in [0.1, 0.15) is 90.1 Å². The third-order valence-corrected chi connectivity index (χ3v) is 12.9. The molecule has 2 saturated carbocycles. The van der Waals surface area contributed by atoms with Crippen LogP contribution < -0.4 is 0 Å². The highest BCUT2D eigenvalue weighted by atomic mass is 16.7. The van der Waals surface area contributed by atoms with Crippen LogP contribution >= 0.6 is 0 Å². The molecule has 45 heavy (non-hydrogen) atoms. The first-order valence-electron chi connectivity index (χ1n) is 16.5. The number of ketones is 1. The minimum Gasteiger partial charge on any atom is -0.469 e. The van der Waals surface area contributed by atoms with Crippen LogP contribution in [0.5, 0.6) is 0 Å². The molecular weight excluding hydrogens is 584 g/mol. The molecule has 4 saturated heterocycles. The summed E-state index contributed by atoms with van der Waals surface area (Å²) >= 11 is 0. The lowest BCUT2D eigenvalue weighted by Crippen LogP contribution is -2.76. The van der Waals surface area contributed by atoms with Gasteiger partial charge in [0, 0.05) is 41.4 Å². The molecule has 4 aliphatic heterocycles. The summed E-state index contributed by atoms with van der Waals surface area (Å²) in [5.41, 5.74) is -4.32. The van der Waals surface area contributed by atoms with Gasteiger partial charge < -0.3 is 38.7 Å². The Morgan fingerprint density at radius 1 is 1.02 bits per heavy atom. The van der Waals surface area contributed by atoms with Crippen molar-refractivity contribution in [3.8, 4) is 0 Å². The molecule has 2 aliphatic carbocycles. The summed E-state index contributed by atoms with van der Waals surface area (Å²) < 4.78 is 30.8. The van der Waals surface area contributed by atoms with E-state index in [1.54, 1.807) is 6.26 Å². The molecule has 2 spiro atoms. The summed E-state index contributed by atoms with van der Waals surface area (Å²) in [7, 11) is 0. The van der Waals surface area contributed by atoms with Gasteiger partial charge in [0.15, 0.2) is 11.9 Å². The van der Waals surface area contributed by atoms with Crippen molar-refractivity contribution in [1.82, 2.24) is 0 Å². The maximum absolute atomic E-state index is 14.4. The first kappa shape index (κ1) is 31.3. The Morgan fingerprint density at radius 2 is 1.80 bits per heavy atom. The first-order chi connectivity index (χ1) is 21.3. The van der Waals surface area contributed by atoms with E-state index < -0.39 is 63.8 Å². The minimum absolute atomic E-state index is 0.0153. The number of Topliss-reactive ketones (excluding diaryl/α,β-unsaturated/α-hetero) is 1. The van der Waals surface area contributed by atoms with Crippen LogP contribution in [0.15, 0.2) is 16.7 Å². The predicted octanol–water partition coefficient (Wildman–Crippen LogP) is 2.81. The van der Waals surface area contributed by atoms with E-state index in [-0.39, 0.29) is 49.8 Å². The standard InChI is InChI=1S/C34H46O11/c1-30(2)25-24(38)26(39)32(4)21(33(25)17-42-23(37)15-22(33)44-30)9-11-31(3)27(43-29(40)28-34(31,32)45-28)19-10-13-41-20(19)14-18(16-36)8-6-5-7-12-35/h10,13,18,21-22,25-28,35-36,39H,5-9,11-12,14-17H2,1-4H3. The number of carbonyl (C=O) groups excluding carboxylic acids is 3. The second-order valence-corrected chi connectivity index (χ2v) is 15.4. The number of fused-ring (bicyclic) bond motifs is 1. The highest BCUT2D eigenvalue weighted by molar-refractivity contribution is 5.92. The lowest BCUT2D eigenvalue weighted by atomic mass is 9.36. The number of aliphatic hydroxyl groups excluding tert-OH is 3. The van der Waals surface area contributed by atoms with Crippen molar-refractivity contribution in [3.05, 3.63) is 23.7 Å². The minimum atomic E-state index is -1.44. The number of hydrogen-bond acceptors (Lipinski definition) is 11. The van der Waals surface area contributed by atoms with Crippen LogP contribution in [-0.2, 0) is 39.8 Å². The van der Waals surface area contributed by atoms with E-state index in [0.717, 1.165) is 19.3 Å². The lowest BCUT2D eigenvalue weighted by molar-refractivity contribution is -0.252. The molecule has 0 amide bonds. The quantitative estimate of drug-likeness (QED) is 0.209. The van der Waals surface area contributed by atoms with Gasteiger partial charge >= 0.3 is 11.9 Å².